The average Bonchev–Trinajstić information content (AvgIpc) is 1.92. The van der Waals surface area contributed by atoms with Crippen molar-refractivity contribution in [3.63, 3.8) is 0 Å². The van der Waals surface area contributed by atoms with Crippen LogP contribution in [0.25, 0.3) is 0 Å². The summed E-state index contributed by atoms with van der Waals surface area (Å²) in [6, 6.07) is 3.73. The van der Waals surface area contributed by atoms with Crippen molar-refractivity contribution in [1.82, 2.24) is 0 Å². The Morgan fingerprint density at radius 3 is 2.25 bits per heavy atom. The molecule has 1 aromatic rings. The Morgan fingerprint density at radius 1 is 1.25 bits per heavy atom. The van der Waals surface area contributed by atoms with Gasteiger partial charge in [-0.2, -0.15) is 8.78 Å². The minimum absolute atomic E-state index is 0.0270. The SMILES string of the molecule is Fc1c(Br)cccc1C(F)(F)Br. The number of halogens is 5. The van der Waals surface area contributed by atoms with E-state index < -0.39 is 16.2 Å². The van der Waals surface area contributed by atoms with Gasteiger partial charge < -0.3 is 0 Å². The summed E-state index contributed by atoms with van der Waals surface area (Å²) in [7, 11) is 0. The second-order valence-electron chi connectivity index (χ2n) is 2.10. The molecule has 0 aromatic heterocycles. The molecule has 0 aliphatic carbocycles. The van der Waals surface area contributed by atoms with Crippen LogP contribution in [0.1, 0.15) is 5.56 Å². The zero-order valence-corrected chi connectivity index (χ0v) is 8.79. The lowest BCUT2D eigenvalue weighted by atomic mass is 10.2. The Hall–Kier alpha value is -0.0300. The van der Waals surface area contributed by atoms with Crippen molar-refractivity contribution in [1.29, 1.82) is 0 Å². The van der Waals surface area contributed by atoms with Gasteiger partial charge in [-0.15, -0.1) is 0 Å². The Balaban J connectivity index is 3.26. The first-order chi connectivity index (χ1) is 5.43. The highest BCUT2D eigenvalue weighted by molar-refractivity contribution is 9.10. The monoisotopic (exact) mass is 302 g/mol. The molecule has 0 fully saturated rings. The van der Waals surface area contributed by atoms with E-state index in [4.69, 9.17) is 0 Å². The third-order valence-electron chi connectivity index (χ3n) is 1.26. The molecule has 0 saturated heterocycles. The van der Waals surface area contributed by atoms with Gasteiger partial charge in [0.1, 0.15) is 5.82 Å². The van der Waals surface area contributed by atoms with Gasteiger partial charge in [-0.25, -0.2) is 4.39 Å². The first-order valence-corrected chi connectivity index (χ1v) is 4.52. The Bertz CT molecular complexity index is 293. The number of hydrogen-bond donors (Lipinski definition) is 0. The highest BCUT2D eigenvalue weighted by atomic mass is 79.9. The standard InChI is InChI=1S/C7H3Br2F3/c8-5-3-1-2-4(6(5)10)7(9,11)12/h1-3H. The first kappa shape index (κ1) is 10.1. The second kappa shape index (κ2) is 3.38. The van der Waals surface area contributed by atoms with Gasteiger partial charge in [0.2, 0.25) is 0 Å². The molecule has 0 bridgehead atoms. The summed E-state index contributed by atoms with van der Waals surface area (Å²) in [6.07, 6.45) is 0. The van der Waals surface area contributed by atoms with Crippen molar-refractivity contribution in [2.45, 2.75) is 4.83 Å². The summed E-state index contributed by atoms with van der Waals surface area (Å²) >= 11 is 4.89. The van der Waals surface area contributed by atoms with E-state index >= 15 is 0 Å². The zero-order chi connectivity index (χ0) is 9.35. The van der Waals surface area contributed by atoms with Crippen LogP contribution in [0.3, 0.4) is 0 Å². The maximum Gasteiger partial charge on any atom is 0.329 e. The molecule has 12 heavy (non-hydrogen) atoms. The molecule has 1 aromatic carbocycles. The lowest BCUT2D eigenvalue weighted by molar-refractivity contribution is 0.110. The fourth-order valence-corrected chi connectivity index (χ4v) is 1.40. The maximum absolute atomic E-state index is 12.9. The van der Waals surface area contributed by atoms with Gasteiger partial charge in [-0.05, 0) is 44.0 Å². The van der Waals surface area contributed by atoms with E-state index in [-0.39, 0.29) is 4.47 Å². The molecule has 5 heteroatoms. The fourth-order valence-electron chi connectivity index (χ4n) is 0.723. The van der Waals surface area contributed by atoms with Crippen molar-refractivity contribution in [2.24, 2.45) is 0 Å². The second-order valence-corrected chi connectivity index (χ2v) is 3.95. The Labute approximate surface area is 84.0 Å². The minimum atomic E-state index is -3.32. The van der Waals surface area contributed by atoms with E-state index in [9.17, 15) is 13.2 Å². The van der Waals surface area contributed by atoms with Crippen molar-refractivity contribution < 1.29 is 13.2 Å². The van der Waals surface area contributed by atoms with Gasteiger partial charge in [0.15, 0.2) is 0 Å². The van der Waals surface area contributed by atoms with Gasteiger partial charge in [0, 0.05) is 0 Å². The molecule has 0 saturated carbocycles. The maximum atomic E-state index is 12.9. The van der Waals surface area contributed by atoms with E-state index in [0.29, 0.717) is 0 Å². The van der Waals surface area contributed by atoms with Gasteiger partial charge in [-0.1, -0.05) is 6.07 Å². The summed E-state index contributed by atoms with van der Waals surface area (Å²) in [4.78, 5) is -3.32. The van der Waals surface area contributed by atoms with Crippen LogP contribution in [0.5, 0.6) is 0 Å². The molecule has 0 nitrogen and oxygen atoms in total. The number of rotatable bonds is 1. The van der Waals surface area contributed by atoms with Crippen LogP contribution < -0.4 is 0 Å². The largest absolute Gasteiger partial charge is 0.329 e. The zero-order valence-electron chi connectivity index (χ0n) is 5.62. The van der Waals surface area contributed by atoms with Gasteiger partial charge in [0.05, 0.1) is 10.0 Å². The van der Waals surface area contributed by atoms with E-state index in [1.807, 2.05) is 0 Å². The third-order valence-corrected chi connectivity index (χ3v) is 2.30. The quantitative estimate of drug-likeness (QED) is 0.687. The summed E-state index contributed by atoms with van der Waals surface area (Å²) < 4.78 is 38.1. The molecule has 0 N–H and O–H groups in total. The Morgan fingerprint density at radius 2 is 1.83 bits per heavy atom. The van der Waals surface area contributed by atoms with Crippen molar-refractivity contribution in [2.75, 3.05) is 0 Å². The molecule has 0 spiro atoms. The van der Waals surface area contributed by atoms with Gasteiger partial charge in [0.25, 0.3) is 0 Å². The molecule has 0 heterocycles. The smallest absolute Gasteiger partial charge is 0.205 e. The van der Waals surface area contributed by atoms with Crippen molar-refractivity contribution in [3.8, 4) is 0 Å². The molecule has 0 radical (unpaired) electrons. The highest BCUT2D eigenvalue weighted by Gasteiger charge is 2.31. The summed E-state index contributed by atoms with van der Waals surface area (Å²) in [6.45, 7) is 0. The predicted octanol–water partition coefficient (Wildman–Crippen LogP) is 4.03. The van der Waals surface area contributed by atoms with Crippen LogP contribution in [-0.4, -0.2) is 0 Å². The molecular weight excluding hydrogens is 301 g/mol. The van der Waals surface area contributed by atoms with Crippen LogP contribution in [-0.2, 0) is 4.83 Å². The lowest BCUT2D eigenvalue weighted by Gasteiger charge is -2.09. The fraction of sp³-hybridized carbons (Fsp3) is 0.143. The van der Waals surface area contributed by atoms with E-state index in [2.05, 4.69) is 31.9 Å². The summed E-state index contributed by atoms with van der Waals surface area (Å²) in [5.74, 6) is -0.945. The van der Waals surface area contributed by atoms with Gasteiger partial charge >= 0.3 is 4.83 Å². The molecule has 0 unspecified atom stereocenters. The summed E-state index contributed by atoms with van der Waals surface area (Å²) in [5.41, 5.74) is -0.670. The molecule has 0 aliphatic rings. The average molecular weight is 304 g/mol. The van der Waals surface area contributed by atoms with Crippen LogP contribution in [0.15, 0.2) is 22.7 Å². The minimum Gasteiger partial charge on any atom is -0.205 e. The van der Waals surface area contributed by atoms with Crippen LogP contribution in [0.2, 0.25) is 0 Å². The topological polar surface area (TPSA) is 0 Å². The number of alkyl halides is 3. The van der Waals surface area contributed by atoms with Gasteiger partial charge in [-0.3, -0.25) is 0 Å². The molecule has 0 amide bonds. The molecule has 66 valence electrons. The normalized spacial score (nSPS) is 11.8. The van der Waals surface area contributed by atoms with E-state index in [0.717, 1.165) is 6.07 Å². The van der Waals surface area contributed by atoms with Crippen molar-refractivity contribution >= 4 is 31.9 Å². The molecule has 0 atom stereocenters. The first-order valence-electron chi connectivity index (χ1n) is 2.94. The molecule has 1 rings (SSSR count). The highest BCUT2D eigenvalue weighted by Crippen LogP contribution is 2.37. The predicted molar refractivity (Wildman–Crippen MR) is 46.9 cm³/mol. The van der Waals surface area contributed by atoms with Crippen molar-refractivity contribution in [3.05, 3.63) is 34.1 Å². The Kier molecular flexibility index (Phi) is 2.83. The lowest BCUT2D eigenvalue weighted by Crippen LogP contribution is -2.05. The van der Waals surface area contributed by atoms with E-state index in [1.165, 1.54) is 12.1 Å². The summed E-state index contributed by atoms with van der Waals surface area (Å²) in [5, 5.41) is 0. The number of hydrogen-bond acceptors (Lipinski definition) is 0. The van der Waals surface area contributed by atoms with Crippen LogP contribution in [0, 0.1) is 5.82 Å². The number of benzene rings is 1. The molecular formula is C7H3Br2F3. The van der Waals surface area contributed by atoms with E-state index in [1.54, 1.807) is 0 Å². The van der Waals surface area contributed by atoms with Crippen LogP contribution in [0.4, 0.5) is 13.2 Å². The van der Waals surface area contributed by atoms with Crippen LogP contribution >= 0.6 is 31.9 Å². The third kappa shape index (κ3) is 2.01. The molecule has 0 aliphatic heterocycles.